The minimum atomic E-state index is -0.343. The van der Waals surface area contributed by atoms with Gasteiger partial charge < -0.3 is 10.1 Å². The molecule has 1 saturated heterocycles. The standard InChI is InChI=1S/C18H19BrFN3O2/c1-11-17(12-2-4-13(19)5-3-12)18(23-22-11)21-16(24)10-25-15-8-6-14(20)7-9-15/h2-9,11,17-18,22-23H,10H2,1H3,(H,21,24). The number of carbonyl (C=O) groups excluding carboxylic acids is 1. The zero-order valence-electron chi connectivity index (χ0n) is 13.6. The highest BCUT2D eigenvalue weighted by atomic mass is 79.9. The molecule has 0 radical (unpaired) electrons. The molecule has 1 aliphatic rings. The van der Waals surface area contributed by atoms with E-state index in [2.05, 4.69) is 39.0 Å². The van der Waals surface area contributed by atoms with Gasteiger partial charge >= 0.3 is 0 Å². The van der Waals surface area contributed by atoms with Crippen molar-refractivity contribution in [3.63, 3.8) is 0 Å². The summed E-state index contributed by atoms with van der Waals surface area (Å²) in [7, 11) is 0. The highest BCUT2D eigenvalue weighted by Crippen LogP contribution is 2.27. The molecule has 0 saturated carbocycles. The molecule has 2 aromatic rings. The molecule has 0 bridgehead atoms. The third-order valence-corrected chi connectivity index (χ3v) is 4.65. The SMILES string of the molecule is CC1NNC(NC(=O)COc2ccc(F)cc2)C1c1ccc(Br)cc1. The molecule has 2 aromatic carbocycles. The van der Waals surface area contributed by atoms with Crippen molar-refractivity contribution in [1.29, 1.82) is 0 Å². The van der Waals surface area contributed by atoms with Crippen molar-refractivity contribution >= 4 is 21.8 Å². The number of hydrogen-bond donors (Lipinski definition) is 3. The van der Waals surface area contributed by atoms with E-state index in [4.69, 9.17) is 4.74 Å². The number of hydrazine groups is 1. The van der Waals surface area contributed by atoms with Gasteiger partial charge in [0.25, 0.3) is 5.91 Å². The predicted octanol–water partition coefficient (Wildman–Crippen LogP) is 2.69. The highest BCUT2D eigenvalue weighted by molar-refractivity contribution is 9.10. The van der Waals surface area contributed by atoms with Crippen LogP contribution in [-0.4, -0.2) is 24.7 Å². The molecular formula is C18H19BrFN3O2. The molecule has 1 fully saturated rings. The largest absolute Gasteiger partial charge is 0.484 e. The van der Waals surface area contributed by atoms with Crippen molar-refractivity contribution in [3.05, 3.63) is 64.4 Å². The number of benzene rings is 2. The van der Waals surface area contributed by atoms with Crippen molar-refractivity contribution in [3.8, 4) is 5.75 Å². The van der Waals surface area contributed by atoms with Gasteiger partial charge in [-0.3, -0.25) is 10.2 Å². The second kappa shape index (κ2) is 7.95. The molecule has 3 unspecified atom stereocenters. The van der Waals surface area contributed by atoms with Gasteiger partial charge in [-0.1, -0.05) is 28.1 Å². The number of amides is 1. The van der Waals surface area contributed by atoms with Crippen LogP contribution in [0.5, 0.6) is 5.75 Å². The topological polar surface area (TPSA) is 62.4 Å². The Morgan fingerprint density at radius 3 is 2.52 bits per heavy atom. The van der Waals surface area contributed by atoms with E-state index in [1.54, 1.807) is 0 Å². The summed E-state index contributed by atoms with van der Waals surface area (Å²) in [5.74, 6) is -0.0565. The third kappa shape index (κ3) is 4.56. The molecule has 25 heavy (non-hydrogen) atoms. The number of carbonyl (C=O) groups is 1. The molecule has 0 spiro atoms. The van der Waals surface area contributed by atoms with Crippen molar-refractivity contribution in [1.82, 2.24) is 16.2 Å². The predicted molar refractivity (Wildman–Crippen MR) is 96.4 cm³/mol. The molecule has 1 aliphatic heterocycles. The Labute approximate surface area is 154 Å². The van der Waals surface area contributed by atoms with E-state index in [-0.39, 0.29) is 36.5 Å². The highest BCUT2D eigenvalue weighted by Gasteiger charge is 2.35. The molecule has 1 amide bonds. The van der Waals surface area contributed by atoms with Crippen LogP contribution >= 0.6 is 15.9 Å². The van der Waals surface area contributed by atoms with E-state index >= 15 is 0 Å². The second-order valence-electron chi connectivity index (χ2n) is 5.94. The molecule has 0 aliphatic carbocycles. The average molecular weight is 408 g/mol. The van der Waals surface area contributed by atoms with Gasteiger partial charge in [0.15, 0.2) is 6.61 Å². The molecule has 1 heterocycles. The van der Waals surface area contributed by atoms with Crippen molar-refractivity contribution in [2.75, 3.05) is 6.61 Å². The number of rotatable bonds is 5. The zero-order chi connectivity index (χ0) is 17.8. The first-order valence-corrected chi connectivity index (χ1v) is 8.76. The number of ether oxygens (including phenoxy) is 1. The van der Waals surface area contributed by atoms with Crippen LogP contribution < -0.4 is 20.9 Å². The maximum Gasteiger partial charge on any atom is 0.259 e. The van der Waals surface area contributed by atoms with Crippen LogP contribution in [0.2, 0.25) is 0 Å². The molecule has 0 aromatic heterocycles. The first-order valence-electron chi connectivity index (χ1n) is 7.97. The van der Waals surface area contributed by atoms with E-state index in [9.17, 15) is 9.18 Å². The van der Waals surface area contributed by atoms with Gasteiger partial charge in [-0.25, -0.2) is 9.82 Å². The number of nitrogens with one attached hydrogen (secondary N) is 3. The van der Waals surface area contributed by atoms with Gasteiger partial charge in [0.2, 0.25) is 0 Å². The lowest BCUT2D eigenvalue weighted by atomic mass is 9.91. The Morgan fingerprint density at radius 1 is 1.16 bits per heavy atom. The van der Waals surface area contributed by atoms with Gasteiger partial charge in [0, 0.05) is 16.4 Å². The van der Waals surface area contributed by atoms with Gasteiger partial charge in [-0.15, -0.1) is 0 Å². The summed E-state index contributed by atoms with van der Waals surface area (Å²) >= 11 is 3.43. The quantitative estimate of drug-likeness (QED) is 0.712. The fourth-order valence-electron chi connectivity index (χ4n) is 2.88. The van der Waals surface area contributed by atoms with Crippen LogP contribution in [0.15, 0.2) is 53.0 Å². The van der Waals surface area contributed by atoms with Crippen LogP contribution in [0.25, 0.3) is 0 Å². The van der Waals surface area contributed by atoms with Crippen molar-refractivity contribution in [2.24, 2.45) is 0 Å². The minimum Gasteiger partial charge on any atom is -0.484 e. The molecular weight excluding hydrogens is 389 g/mol. The normalized spacial score (nSPS) is 22.6. The first-order chi connectivity index (χ1) is 12.0. The molecule has 3 N–H and O–H groups in total. The lowest BCUT2D eigenvalue weighted by Gasteiger charge is -2.22. The molecule has 7 heteroatoms. The van der Waals surface area contributed by atoms with Crippen molar-refractivity contribution in [2.45, 2.75) is 25.0 Å². The van der Waals surface area contributed by atoms with Gasteiger partial charge in [0.1, 0.15) is 17.7 Å². The number of halogens is 2. The average Bonchev–Trinajstić information content (AvgIpc) is 2.95. The first kappa shape index (κ1) is 17.8. The fraction of sp³-hybridized carbons (Fsp3) is 0.278. The fourth-order valence-corrected chi connectivity index (χ4v) is 3.14. The van der Waals surface area contributed by atoms with Crippen molar-refractivity contribution < 1.29 is 13.9 Å². The summed E-state index contributed by atoms with van der Waals surface area (Å²) in [4.78, 5) is 12.2. The van der Waals surface area contributed by atoms with E-state index < -0.39 is 0 Å². The Morgan fingerprint density at radius 2 is 1.84 bits per heavy atom. The summed E-state index contributed by atoms with van der Waals surface area (Å²) in [5, 5.41) is 2.93. The lowest BCUT2D eigenvalue weighted by molar-refractivity contribution is -0.124. The van der Waals surface area contributed by atoms with Crippen LogP contribution in [0.4, 0.5) is 4.39 Å². The minimum absolute atomic E-state index is 0.0860. The summed E-state index contributed by atoms with van der Waals surface area (Å²) in [5.41, 5.74) is 7.39. The lowest BCUT2D eigenvalue weighted by Crippen LogP contribution is -2.47. The van der Waals surface area contributed by atoms with E-state index in [1.165, 1.54) is 24.3 Å². The van der Waals surface area contributed by atoms with Crippen LogP contribution in [-0.2, 0) is 4.79 Å². The summed E-state index contributed by atoms with van der Waals surface area (Å²) in [6.45, 7) is 1.92. The van der Waals surface area contributed by atoms with Gasteiger partial charge in [0.05, 0.1) is 0 Å². The maximum absolute atomic E-state index is 12.9. The van der Waals surface area contributed by atoms with E-state index in [0.29, 0.717) is 5.75 Å². The van der Waals surface area contributed by atoms with Gasteiger partial charge in [-0.05, 0) is 48.9 Å². The monoisotopic (exact) mass is 407 g/mol. The Bertz CT molecular complexity index is 724. The van der Waals surface area contributed by atoms with Crippen LogP contribution in [0.3, 0.4) is 0 Å². The Kier molecular flexibility index (Phi) is 5.67. The molecule has 3 rings (SSSR count). The maximum atomic E-state index is 12.9. The van der Waals surface area contributed by atoms with Crippen LogP contribution in [0.1, 0.15) is 18.4 Å². The Balaban J connectivity index is 1.59. The van der Waals surface area contributed by atoms with Crippen LogP contribution in [0, 0.1) is 5.82 Å². The smallest absolute Gasteiger partial charge is 0.259 e. The third-order valence-electron chi connectivity index (χ3n) is 4.12. The number of hydrogen-bond acceptors (Lipinski definition) is 4. The van der Waals surface area contributed by atoms with E-state index in [0.717, 1.165) is 10.0 Å². The second-order valence-corrected chi connectivity index (χ2v) is 6.86. The van der Waals surface area contributed by atoms with E-state index in [1.807, 2.05) is 24.3 Å². The summed E-state index contributed by atoms with van der Waals surface area (Å²) < 4.78 is 19.3. The summed E-state index contributed by atoms with van der Waals surface area (Å²) in [6, 6.07) is 13.8. The Hall–Kier alpha value is -1.96. The molecule has 132 valence electrons. The van der Waals surface area contributed by atoms with Gasteiger partial charge in [-0.2, -0.15) is 0 Å². The molecule has 5 nitrogen and oxygen atoms in total. The summed E-state index contributed by atoms with van der Waals surface area (Å²) in [6.07, 6.45) is -0.250. The molecule has 3 atom stereocenters. The zero-order valence-corrected chi connectivity index (χ0v) is 15.2.